The molecular weight excluding hydrogens is 427 g/mol. The number of aromatic nitrogens is 2. The molecule has 0 radical (unpaired) electrons. The molecular formula is C24H27FN4O2S. The van der Waals surface area contributed by atoms with E-state index in [1.807, 2.05) is 36.1 Å². The first kappa shape index (κ1) is 21.2. The Morgan fingerprint density at radius 1 is 1.19 bits per heavy atom. The van der Waals surface area contributed by atoms with Gasteiger partial charge in [0.05, 0.1) is 4.90 Å². The van der Waals surface area contributed by atoms with Crippen molar-refractivity contribution in [2.45, 2.75) is 30.2 Å². The summed E-state index contributed by atoms with van der Waals surface area (Å²) < 4.78 is 44.2. The van der Waals surface area contributed by atoms with Crippen molar-refractivity contribution in [3.8, 4) is 0 Å². The molecule has 0 bridgehead atoms. The van der Waals surface area contributed by atoms with Crippen LogP contribution in [-0.4, -0.2) is 48.5 Å². The van der Waals surface area contributed by atoms with E-state index in [0.717, 1.165) is 59.7 Å². The number of sulfonamides is 1. The monoisotopic (exact) mass is 454 g/mol. The Morgan fingerprint density at radius 2 is 2.06 bits per heavy atom. The van der Waals surface area contributed by atoms with Crippen molar-refractivity contribution in [2.75, 3.05) is 19.6 Å². The summed E-state index contributed by atoms with van der Waals surface area (Å²) in [5, 5.41) is 1.85. The van der Waals surface area contributed by atoms with Gasteiger partial charge in [0.1, 0.15) is 5.82 Å². The number of halogens is 1. The summed E-state index contributed by atoms with van der Waals surface area (Å²) in [6.45, 7) is 2.46. The minimum absolute atomic E-state index is 0.0892. The second-order valence-electron chi connectivity index (χ2n) is 8.66. The minimum Gasteiger partial charge on any atom is -0.361 e. The standard InChI is InChI=1S/C24H27FN4O2S/c1-28-11-8-17-13-21(5-7-24(17)28)32(30,31)27-20-9-12-29(16-20)10-2-3-18-15-26-23-6-4-19(25)14-22(18)23/h4-8,11,13-15,20,26-27H,2-3,9-10,12,16H2,1H3. The third kappa shape index (κ3) is 4.18. The van der Waals surface area contributed by atoms with Crippen LogP contribution in [0.3, 0.4) is 0 Å². The zero-order valence-electron chi connectivity index (χ0n) is 18.0. The molecule has 2 aromatic heterocycles. The summed E-state index contributed by atoms with van der Waals surface area (Å²) in [6, 6.07) is 11.9. The molecule has 32 heavy (non-hydrogen) atoms. The highest BCUT2D eigenvalue weighted by Gasteiger charge is 2.27. The molecule has 1 atom stereocenters. The number of nitrogens with zero attached hydrogens (tertiary/aromatic N) is 2. The molecule has 1 saturated heterocycles. The number of likely N-dealkylation sites (tertiary alicyclic amines) is 1. The highest BCUT2D eigenvalue weighted by molar-refractivity contribution is 7.89. The quantitative estimate of drug-likeness (QED) is 0.447. The van der Waals surface area contributed by atoms with Crippen molar-refractivity contribution in [3.05, 3.63) is 66.2 Å². The fourth-order valence-corrected chi connectivity index (χ4v) is 5.99. The van der Waals surface area contributed by atoms with E-state index >= 15 is 0 Å². The lowest BCUT2D eigenvalue weighted by molar-refractivity contribution is 0.327. The lowest BCUT2D eigenvalue weighted by Gasteiger charge is -2.17. The summed E-state index contributed by atoms with van der Waals surface area (Å²) in [4.78, 5) is 5.80. The van der Waals surface area contributed by atoms with Gasteiger partial charge in [0.2, 0.25) is 10.0 Å². The van der Waals surface area contributed by atoms with Crippen LogP contribution >= 0.6 is 0 Å². The lowest BCUT2D eigenvalue weighted by atomic mass is 10.1. The van der Waals surface area contributed by atoms with Gasteiger partial charge in [0.25, 0.3) is 0 Å². The topological polar surface area (TPSA) is 70.1 Å². The van der Waals surface area contributed by atoms with Gasteiger partial charge in [-0.25, -0.2) is 17.5 Å². The van der Waals surface area contributed by atoms with Gasteiger partial charge in [-0.2, -0.15) is 0 Å². The van der Waals surface area contributed by atoms with Crippen molar-refractivity contribution in [3.63, 3.8) is 0 Å². The van der Waals surface area contributed by atoms with Crippen molar-refractivity contribution >= 4 is 31.8 Å². The summed E-state index contributed by atoms with van der Waals surface area (Å²) in [7, 11) is -1.62. The van der Waals surface area contributed by atoms with Gasteiger partial charge < -0.3 is 14.5 Å². The summed E-state index contributed by atoms with van der Waals surface area (Å²) in [5.41, 5.74) is 3.08. The van der Waals surface area contributed by atoms with E-state index in [-0.39, 0.29) is 11.9 Å². The molecule has 2 aromatic carbocycles. The first-order valence-electron chi connectivity index (χ1n) is 10.9. The van der Waals surface area contributed by atoms with E-state index in [9.17, 15) is 12.8 Å². The van der Waals surface area contributed by atoms with Crippen molar-refractivity contribution in [1.29, 1.82) is 0 Å². The molecule has 168 valence electrons. The van der Waals surface area contributed by atoms with Gasteiger partial charge in [0, 0.05) is 53.8 Å². The van der Waals surface area contributed by atoms with Crippen molar-refractivity contribution < 1.29 is 12.8 Å². The van der Waals surface area contributed by atoms with Crippen molar-refractivity contribution in [1.82, 2.24) is 19.2 Å². The van der Waals surface area contributed by atoms with E-state index in [1.54, 1.807) is 24.3 Å². The largest absolute Gasteiger partial charge is 0.361 e. The van der Waals surface area contributed by atoms with Gasteiger partial charge in [-0.1, -0.05) is 0 Å². The molecule has 0 saturated carbocycles. The predicted octanol–water partition coefficient (Wildman–Crippen LogP) is 3.78. The predicted molar refractivity (Wildman–Crippen MR) is 125 cm³/mol. The Bertz CT molecular complexity index is 1380. The van der Waals surface area contributed by atoms with E-state index in [0.29, 0.717) is 11.4 Å². The van der Waals surface area contributed by atoms with Crippen LogP contribution in [0.4, 0.5) is 4.39 Å². The number of hydrogen-bond acceptors (Lipinski definition) is 3. The third-order valence-corrected chi connectivity index (χ3v) is 7.93. The molecule has 4 aromatic rings. The molecule has 5 rings (SSSR count). The zero-order valence-corrected chi connectivity index (χ0v) is 18.8. The number of rotatable bonds is 7. The van der Waals surface area contributed by atoms with Crippen LogP contribution < -0.4 is 4.72 Å². The second-order valence-corrected chi connectivity index (χ2v) is 10.4. The van der Waals surface area contributed by atoms with Crippen molar-refractivity contribution in [2.24, 2.45) is 7.05 Å². The Labute approximate surface area is 187 Å². The lowest BCUT2D eigenvalue weighted by Crippen LogP contribution is -2.37. The molecule has 6 nitrogen and oxygen atoms in total. The molecule has 3 heterocycles. The number of hydrogen-bond donors (Lipinski definition) is 2. The van der Waals surface area contributed by atoms with Crippen LogP contribution in [0.1, 0.15) is 18.4 Å². The zero-order chi connectivity index (χ0) is 22.3. The number of H-pyrrole nitrogens is 1. The number of fused-ring (bicyclic) bond motifs is 2. The number of aryl methyl sites for hydroxylation is 2. The summed E-state index contributed by atoms with van der Waals surface area (Å²) >= 11 is 0. The third-order valence-electron chi connectivity index (χ3n) is 6.41. The molecule has 8 heteroatoms. The molecule has 0 aliphatic carbocycles. The van der Waals surface area contributed by atoms with Gasteiger partial charge in [-0.3, -0.25) is 0 Å². The van der Waals surface area contributed by atoms with Crippen LogP contribution in [0.2, 0.25) is 0 Å². The Kier molecular flexibility index (Phi) is 5.53. The van der Waals surface area contributed by atoms with Crippen LogP contribution in [-0.2, 0) is 23.5 Å². The number of benzene rings is 2. The molecule has 1 unspecified atom stereocenters. The van der Waals surface area contributed by atoms with Crippen LogP contribution in [0.5, 0.6) is 0 Å². The maximum Gasteiger partial charge on any atom is 0.240 e. The fraction of sp³-hybridized carbons (Fsp3) is 0.333. The van der Waals surface area contributed by atoms with Gasteiger partial charge in [0.15, 0.2) is 0 Å². The molecule has 1 fully saturated rings. The van der Waals surface area contributed by atoms with E-state index in [2.05, 4.69) is 14.6 Å². The maximum absolute atomic E-state index is 13.6. The average Bonchev–Trinajstić information content (AvgIpc) is 3.47. The van der Waals surface area contributed by atoms with Crippen LogP contribution in [0, 0.1) is 5.82 Å². The Balaban J connectivity index is 1.16. The molecule has 1 aliphatic heterocycles. The molecule has 1 aliphatic rings. The maximum atomic E-state index is 13.6. The van der Waals surface area contributed by atoms with E-state index in [4.69, 9.17) is 0 Å². The summed E-state index contributed by atoms with van der Waals surface area (Å²) in [6.07, 6.45) is 6.47. The Hall–Kier alpha value is -2.68. The fourth-order valence-electron chi connectivity index (χ4n) is 4.70. The molecule has 0 amide bonds. The Morgan fingerprint density at radius 3 is 2.94 bits per heavy atom. The van der Waals surface area contributed by atoms with Gasteiger partial charge in [-0.15, -0.1) is 0 Å². The molecule has 0 spiro atoms. The first-order chi connectivity index (χ1) is 15.4. The number of nitrogens with one attached hydrogen (secondary N) is 2. The smallest absolute Gasteiger partial charge is 0.240 e. The highest BCUT2D eigenvalue weighted by atomic mass is 32.2. The second kappa shape index (κ2) is 8.35. The first-order valence-corrected chi connectivity index (χ1v) is 12.4. The van der Waals surface area contributed by atoms with Gasteiger partial charge in [-0.05, 0) is 80.4 Å². The molecule has 2 N–H and O–H groups in total. The average molecular weight is 455 g/mol. The SMILES string of the molecule is Cn1ccc2cc(S(=O)(=O)NC3CCN(CCCc4c[nH]c5ccc(F)cc45)C3)ccc21. The van der Waals surface area contributed by atoms with Crippen LogP contribution in [0.25, 0.3) is 21.8 Å². The highest BCUT2D eigenvalue weighted by Crippen LogP contribution is 2.23. The van der Waals surface area contributed by atoms with E-state index < -0.39 is 10.0 Å². The van der Waals surface area contributed by atoms with Crippen LogP contribution in [0.15, 0.2) is 59.8 Å². The van der Waals surface area contributed by atoms with E-state index in [1.165, 1.54) is 6.07 Å². The summed E-state index contributed by atoms with van der Waals surface area (Å²) in [5.74, 6) is -0.223. The van der Waals surface area contributed by atoms with Gasteiger partial charge >= 0.3 is 0 Å². The normalized spacial score (nSPS) is 17.6. The number of aromatic amines is 1. The minimum atomic E-state index is -3.56.